The number of nitrogens with zero attached hydrogens (tertiary/aromatic N) is 3. The molecular weight excluding hydrogens is 407 g/mol. The molecule has 162 valence electrons. The summed E-state index contributed by atoms with van der Waals surface area (Å²) in [5.74, 6) is -1.05. The molecule has 2 rings (SSSR count). The molecule has 2 heterocycles. The second-order valence-electron chi connectivity index (χ2n) is 7.77. The molecule has 0 saturated heterocycles. The van der Waals surface area contributed by atoms with Crippen molar-refractivity contribution in [3.63, 3.8) is 0 Å². The number of esters is 1. The highest BCUT2D eigenvalue weighted by Crippen LogP contribution is 2.35. The monoisotopic (exact) mass is 434 g/mol. The minimum atomic E-state index is -4.87. The molecule has 0 aliphatic carbocycles. The first-order chi connectivity index (χ1) is 13.7. The Morgan fingerprint density at radius 1 is 1.38 bits per heavy atom. The molecular formula is C18H26F3N3O4Si. The van der Waals surface area contributed by atoms with E-state index in [1.165, 1.54) is 6.92 Å². The molecule has 0 N–H and O–H groups in total. The maximum absolute atomic E-state index is 13.6. The van der Waals surface area contributed by atoms with Crippen molar-refractivity contribution in [3.05, 3.63) is 28.3 Å². The van der Waals surface area contributed by atoms with Crippen molar-refractivity contribution >= 4 is 24.9 Å². The van der Waals surface area contributed by atoms with Crippen LogP contribution in [0.2, 0.25) is 25.7 Å². The standard InChI is InChI=1S/C18H26F3N3O4Si/c1-6-28-17(26)12(2)23-10-13(18(19,20)21)15-14(23)9-22-24(16(15)25)11-27-7-8-29(3,4)5/h9-10,12H,6-8,11H2,1-5H3/i12D. The number of halogens is 3. The van der Waals surface area contributed by atoms with Gasteiger partial charge in [-0.3, -0.25) is 4.79 Å². The van der Waals surface area contributed by atoms with Crippen molar-refractivity contribution in [1.29, 1.82) is 0 Å². The molecule has 11 heteroatoms. The van der Waals surface area contributed by atoms with Gasteiger partial charge in [0.05, 0.1) is 30.6 Å². The third-order valence-corrected chi connectivity index (χ3v) is 5.96. The Balaban J connectivity index is 2.53. The largest absolute Gasteiger partial charge is 0.464 e. The lowest BCUT2D eigenvalue weighted by Gasteiger charge is -2.15. The number of hydrogen-bond donors (Lipinski definition) is 0. The first-order valence-electron chi connectivity index (χ1n) is 9.64. The number of alkyl halides is 3. The van der Waals surface area contributed by atoms with Crippen LogP contribution in [0.5, 0.6) is 0 Å². The van der Waals surface area contributed by atoms with E-state index in [1.807, 2.05) is 0 Å². The molecule has 29 heavy (non-hydrogen) atoms. The normalized spacial score (nSPS) is 15.2. The Labute approximate surface area is 168 Å². The summed E-state index contributed by atoms with van der Waals surface area (Å²) in [4.78, 5) is 24.9. The highest BCUT2D eigenvalue weighted by molar-refractivity contribution is 6.76. The summed E-state index contributed by atoms with van der Waals surface area (Å²) in [6, 6.07) is -1.39. The molecule has 0 radical (unpaired) electrons. The summed E-state index contributed by atoms with van der Waals surface area (Å²) < 4.78 is 60.9. The molecule has 0 spiro atoms. The van der Waals surface area contributed by atoms with Crippen LogP contribution >= 0.6 is 0 Å². The maximum atomic E-state index is 13.6. The first-order valence-corrected chi connectivity index (χ1v) is 12.8. The second kappa shape index (κ2) is 8.70. The van der Waals surface area contributed by atoms with Crippen molar-refractivity contribution in [2.75, 3.05) is 13.2 Å². The summed E-state index contributed by atoms with van der Waals surface area (Å²) in [7, 11) is -1.37. The van der Waals surface area contributed by atoms with Gasteiger partial charge in [0.15, 0.2) is 0 Å². The molecule has 2 aromatic heterocycles. The second-order valence-corrected chi connectivity index (χ2v) is 13.4. The fourth-order valence-electron chi connectivity index (χ4n) is 2.63. The summed E-state index contributed by atoms with van der Waals surface area (Å²) in [6.45, 7) is 9.07. The summed E-state index contributed by atoms with van der Waals surface area (Å²) in [5, 5.41) is 3.21. The number of fused-ring (bicyclic) bond motifs is 1. The number of carbonyl (C=O) groups is 1. The lowest BCUT2D eigenvalue weighted by molar-refractivity contribution is -0.146. The smallest absolute Gasteiger partial charge is 0.418 e. The fourth-order valence-corrected chi connectivity index (χ4v) is 3.38. The van der Waals surface area contributed by atoms with Gasteiger partial charge in [0.1, 0.15) is 12.7 Å². The van der Waals surface area contributed by atoms with Gasteiger partial charge in [-0.25, -0.2) is 9.48 Å². The number of aromatic nitrogens is 3. The lowest BCUT2D eigenvalue weighted by atomic mass is 10.2. The van der Waals surface area contributed by atoms with Crippen LogP contribution in [0.1, 0.15) is 26.8 Å². The molecule has 0 saturated carbocycles. The van der Waals surface area contributed by atoms with Crippen LogP contribution < -0.4 is 5.56 Å². The molecule has 0 fully saturated rings. The van der Waals surface area contributed by atoms with E-state index >= 15 is 0 Å². The zero-order chi connectivity index (χ0) is 22.9. The van der Waals surface area contributed by atoms with Crippen LogP contribution in [-0.4, -0.2) is 41.6 Å². The third-order valence-electron chi connectivity index (χ3n) is 4.26. The van der Waals surface area contributed by atoms with Gasteiger partial charge in [-0.05, 0) is 19.9 Å². The van der Waals surface area contributed by atoms with Gasteiger partial charge >= 0.3 is 12.1 Å². The van der Waals surface area contributed by atoms with E-state index in [2.05, 4.69) is 24.7 Å². The van der Waals surface area contributed by atoms with Crippen LogP contribution in [0, 0.1) is 0 Å². The number of hydrogen-bond acceptors (Lipinski definition) is 5. The Morgan fingerprint density at radius 2 is 2.03 bits per heavy atom. The lowest BCUT2D eigenvalue weighted by Crippen LogP contribution is -2.27. The van der Waals surface area contributed by atoms with Gasteiger partial charge < -0.3 is 14.0 Å². The zero-order valence-corrected chi connectivity index (χ0v) is 18.1. The average molecular weight is 435 g/mol. The molecule has 0 aliphatic rings. The Kier molecular flexibility index (Phi) is 6.47. The van der Waals surface area contributed by atoms with Gasteiger partial charge in [0, 0.05) is 20.9 Å². The van der Waals surface area contributed by atoms with Crippen LogP contribution in [0.15, 0.2) is 17.2 Å². The van der Waals surface area contributed by atoms with Crippen molar-refractivity contribution < 1.29 is 28.8 Å². The van der Waals surface area contributed by atoms with Crippen LogP contribution in [0.4, 0.5) is 13.2 Å². The molecule has 0 bridgehead atoms. The summed E-state index contributed by atoms with van der Waals surface area (Å²) in [6.07, 6.45) is -3.26. The Morgan fingerprint density at radius 3 is 2.59 bits per heavy atom. The fraction of sp³-hybridized carbons (Fsp3) is 0.611. The van der Waals surface area contributed by atoms with Gasteiger partial charge in [-0.1, -0.05) is 19.6 Å². The predicted octanol–water partition coefficient (Wildman–Crippen LogP) is 3.65. The molecule has 2 aromatic rings. The van der Waals surface area contributed by atoms with E-state index in [1.54, 1.807) is 0 Å². The summed E-state index contributed by atoms with van der Waals surface area (Å²) >= 11 is 0. The highest BCUT2D eigenvalue weighted by atomic mass is 28.3. The van der Waals surface area contributed by atoms with E-state index in [9.17, 15) is 22.8 Å². The van der Waals surface area contributed by atoms with E-state index in [0.717, 1.165) is 28.4 Å². The van der Waals surface area contributed by atoms with Crippen molar-refractivity contribution in [2.24, 2.45) is 0 Å². The first kappa shape index (κ1) is 21.6. The van der Waals surface area contributed by atoms with Crippen molar-refractivity contribution in [2.45, 2.75) is 58.5 Å². The van der Waals surface area contributed by atoms with E-state index in [4.69, 9.17) is 10.8 Å². The van der Waals surface area contributed by atoms with E-state index in [-0.39, 0.29) is 18.9 Å². The average Bonchev–Trinajstić information content (AvgIpc) is 3.01. The summed E-state index contributed by atoms with van der Waals surface area (Å²) in [5.41, 5.74) is -2.54. The number of ether oxygens (including phenoxy) is 2. The molecule has 1 unspecified atom stereocenters. The number of rotatable bonds is 8. The van der Waals surface area contributed by atoms with Gasteiger partial charge in [0.25, 0.3) is 5.56 Å². The van der Waals surface area contributed by atoms with Crippen LogP contribution in [0.3, 0.4) is 0 Å². The molecule has 0 aromatic carbocycles. The van der Waals surface area contributed by atoms with E-state index < -0.39 is 42.7 Å². The Bertz CT molecular complexity index is 980. The van der Waals surface area contributed by atoms with Gasteiger partial charge in [-0.15, -0.1) is 0 Å². The third kappa shape index (κ3) is 5.47. The molecule has 1 atom stereocenters. The van der Waals surface area contributed by atoms with Gasteiger partial charge in [0.2, 0.25) is 0 Å². The van der Waals surface area contributed by atoms with E-state index in [0.29, 0.717) is 12.8 Å². The topological polar surface area (TPSA) is 75.3 Å². The van der Waals surface area contributed by atoms with Crippen molar-refractivity contribution in [1.82, 2.24) is 14.3 Å². The molecule has 7 nitrogen and oxygen atoms in total. The van der Waals surface area contributed by atoms with Crippen LogP contribution in [-0.2, 0) is 27.2 Å². The SMILES string of the molecule is [2H]C(C)(C(=O)OCC)n1cc(C(F)(F)F)c2c(=O)n(COCC[Si](C)(C)C)ncc21. The van der Waals surface area contributed by atoms with Gasteiger partial charge in [-0.2, -0.15) is 18.3 Å². The quantitative estimate of drug-likeness (QED) is 0.360. The number of carbonyl (C=O) groups excluding carboxylic acids is 1. The maximum Gasteiger partial charge on any atom is 0.418 e. The molecule has 0 amide bonds. The highest BCUT2D eigenvalue weighted by Gasteiger charge is 2.37. The Hall–Kier alpha value is -2.14. The minimum Gasteiger partial charge on any atom is -0.464 e. The van der Waals surface area contributed by atoms with Crippen molar-refractivity contribution in [3.8, 4) is 0 Å². The zero-order valence-electron chi connectivity index (χ0n) is 18.1. The predicted molar refractivity (Wildman–Crippen MR) is 104 cm³/mol. The minimum absolute atomic E-state index is 0.0432. The molecule has 0 aliphatic heterocycles. The van der Waals surface area contributed by atoms with Crippen LogP contribution in [0.25, 0.3) is 10.9 Å².